The van der Waals surface area contributed by atoms with Crippen LogP contribution >= 0.6 is 0 Å². The summed E-state index contributed by atoms with van der Waals surface area (Å²) in [4.78, 5) is 35.1. The molecule has 0 saturated carbocycles. The SMILES string of the molecule is CC1CC(=O)N(Cc2cc([N+](=O)[O-])ccc2N)C(=O)C1. The standard InChI is InChI=1S/C13H15N3O4/c1-8-4-12(17)15(13(18)5-8)7-9-6-10(16(19)20)2-3-11(9)14/h2-3,6,8H,4-5,7,14H2,1H3. The van der Waals surface area contributed by atoms with Crippen LogP contribution in [0.2, 0.25) is 0 Å². The van der Waals surface area contributed by atoms with Crippen LogP contribution in [-0.2, 0) is 16.1 Å². The molecule has 7 nitrogen and oxygen atoms in total. The third kappa shape index (κ3) is 2.76. The number of nitrogen functional groups attached to an aromatic ring is 1. The zero-order valence-corrected chi connectivity index (χ0v) is 11.0. The average molecular weight is 277 g/mol. The number of carbonyl (C=O) groups excluding carboxylic acids is 2. The Morgan fingerprint density at radius 1 is 1.35 bits per heavy atom. The van der Waals surface area contributed by atoms with E-state index in [0.717, 1.165) is 4.90 Å². The smallest absolute Gasteiger partial charge is 0.269 e. The number of benzene rings is 1. The molecule has 0 aromatic heterocycles. The Bertz CT molecular complexity index is 567. The Balaban J connectivity index is 2.25. The van der Waals surface area contributed by atoms with Crippen LogP contribution in [0.1, 0.15) is 25.3 Å². The molecule has 1 aliphatic heterocycles. The normalized spacial score (nSPS) is 16.6. The molecule has 0 bridgehead atoms. The maximum Gasteiger partial charge on any atom is 0.269 e. The van der Waals surface area contributed by atoms with Crippen molar-refractivity contribution >= 4 is 23.2 Å². The lowest BCUT2D eigenvalue weighted by molar-refractivity contribution is -0.384. The monoisotopic (exact) mass is 277 g/mol. The van der Waals surface area contributed by atoms with Gasteiger partial charge >= 0.3 is 0 Å². The van der Waals surface area contributed by atoms with E-state index in [-0.39, 0.29) is 30.0 Å². The van der Waals surface area contributed by atoms with Gasteiger partial charge in [-0.1, -0.05) is 6.92 Å². The molecule has 0 unspecified atom stereocenters. The van der Waals surface area contributed by atoms with Crippen LogP contribution in [0, 0.1) is 16.0 Å². The van der Waals surface area contributed by atoms with E-state index in [4.69, 9.17) is 5.73 Å². The summed E-state index contributed by atoms with van der Waals surface area (Å²) in [6.45, 7) is 1.83. The van der Waals surface area contributed by atoms with Crippen LogP contribution in [0.15, 0.2) is 18.2 Å². The summed E-state index contributed by atoms with van der Waals surface area (Å²) >= 11 is 0. The summed E-state index contributed by atoms with van der Waals surface area (Å²) in [6, 6.07) is 4.00. The van der Waals surface area contributed by atoms with Gasteiger partial charge in [-0.05, 0) is 12.0 Å². The fourth-order valence-corrected chi connectivity index (χ4v) is 2.22. The first-order chi connectivity index (χ1) is 9.38. The number of hydrogen-bond donors (Lipinski definition) is 1. The highest BCUT2D eigenvalue weighted by Crippen LogP contribution is 2.25. The van der Waals surface area contributed by atoms with E-state index in [1.54, 1.807) is 0 Å². The van der Waals surface area contributed by atoms with Gasteiger partial charge in [0, 0.05) is 36.2 Å². The number of non-ortho nitro benzene ring substituents is 1. The molecule has 1 heterocycles. The van der Waals surface area contributed by atoms with Gasteiger partial charge in [-0.2, -0.15) is 0 Å². The van der Waals surface area contributed by atoms with E-state index in [0.29, 0.717) is 24.1 Å². The average Bonchev–Trinajstić information content (AvgIpc) is 2.35. The van der Waals surface area contributed by atoms with E-state index < -0.39 is 4.92 Å². The zero-order chi connectivity index (χ0) is 14.9. The van der Waals surface area contributed by atoms with Gasteiger partial charge in [-0.25, -0.2) is 0 Å². The Morgan fingerprint density at radius 2 is 1.95 bits per heavy atom. The summed E-state index contributed by atoms with van der Waals surface area (Å²) in [5.41, 5.74) is 6.38. The number of rotatable bonds is 3. The van der Waals surface area contributed by atoms with Crippen LogP contribution in [-0.4, -0.2) is 21.6 Å². The minimum absolute atomic E-state index is 0.0160. The number of carbonyl (C=O) groups is 2. The topological polar surface area (TPSA) is 107 Å². The Hall–Kier alpha value is -2.44. The second kappa shape index (κ2) is 5.28. The summed E-state index contributed by atoms with van der Waals surface area (Å²) in [7, 11) is 0. The van der Waals surface area contributed by atoms with Crippen molar-refractivity contribution in [2.24, 2.45) is 5.92 Å². The van der Waals surface area contributed by atoms with Gasteiger partial charge in [0.05, 0.1) is 11.5 Å². The molecule has 1 fully saturated rings. The van der Waals surface area contributed by atoms with Crippen LogP contribution in [0.5, 0.6) is 0 Å². The molecule has 1 saturated heterocycles. The molecule has 2 rings (SSSR count). The molecule has 106 valence electrons. The number of piperidine rings is 1. The van der Waals surface area contributed by atoms with Gasteiger partial charge in [0.2, 0.25) is 11.8 Å². The van der Waals surface area contributed by atoms with E-state index >= 15 is 0 Å². The quantitative estimate of drug-likeness (QED) is 0.389. The molecule has 0 radical (unpaired) electrons. The van der Waals surface area contributed by atoms with Crippen molar-refractivity contribution in [2.75, 3.05) is 5.73 Å². The van der Waals surface area contributed by atoms with Crippen molar-refractivity contribution < 1.29 is 14.5 Å². The highest BCUT2D eigenvalue weighted by molar-refractivity contribution is 5.97. The molecule has 0 aliphatic carbocycles. The van der Waals surface area contributed by atoms with Crippen molar-refractivity contribution in [1.82, 2.24) is 4.90 Å². The first kappa shape index (κ1) is 14.0. The van der Waals surface area contributed by atoms with E-state index in [2.05, 4.69) is 0 Å². The van der Waals surface area contributed by atoms with Gasteiger partial charge in [0.15, 0.2) is 0 Å². The number of imide groups is 1. The number of anilines is 1. The largest absolute Gasteiger partial charge is 0.398 e. The minimum Gasteiger partial charge on any atom is -0.398 e. The number of nitrogens with zero attached hydrogens (tertiary/aromatic N) is 2. The summed E-state index contributed by atoms with van der Waals surface area (Å²) < 4.78 is 0. The summed E-state index contributed by atoms with van der Waals surface area (Å²) in [5, 5.41) is 10.7. The van der Waals surface area contributed by atoms with Gasteiger partial charge in [-0.15, -0.1) is 0 Å². The lowest BCUT2D eigenvalue weighted by atomic mass is 9.97. The van der Waals surface area contributed by atoms with E-state index in [1.807, 2.05) is 6.92 Å². The molecule has 2 amide bonds. The maximum absolute atomic E-state index is 11.9. The minimum atomic E-state index is -0.537. The van der Waals surface area contributed by atoms with Gasteiger partial charge < -0.3 is 5.73 Å². The second-order valence-electron chi connectivity index (χ2n) is 5.03. The van der Waals surface area contributed by atoms with Crippen LogP contribution in [0.4, 0.5) is 11.4 Å². The third-order valence-electron chi connectivity index (χ3n) is 3.31. The molecule has 2 N–H and O–H groups in total. The molecule has 1 aromatic rings. The highest BCUT2D eigenvalue weighted by atomic mass is 16.6. The fourth-order valence-electron chi connectivity index (χ4n) is 2.22. The molecule has 0 spiro atoms. The number of amides is 2. The van der Waals surface area contributed by atoms with Crippen LogP contribution < -0.4 is 5.73 Å². The molecule has 20 heavy (non-hydrogen) atoms. The summed E-state index contributed by atoms with van der Waals surface area (Å²) in [6.07, 6.45) is 0.612. The fraction of sp³-hybridized carbons (Fsp3) is 0.385. The van der Waals surface area contributed by atoms with E-state index in [9.17, 15) is 19.7 Å². The number of nitrogens with two attached hydrogens (primary N) is 1. The first-order valence-corrected chi connectivity index (χ1v) is 6.24. The zero-order valence-electron chi connectivity index (χ0n) is 11.0. The maximum atomic E-state index is 11.9. The third-order valence-corrected chi connectivity index (χ3v) is 3.31. The summed E-state index contributed by atoms with van der Waals surface area (Å²) in [5.74, 6) is -0.493. The van der Waals surface area contributed by atoms with Crippen molar-refractivity contribution in [2.45, 2.75) is 26.3 Å². The van der Waals surface area contributed by atoms with Gasteiger partial charge in [0.25, 0.3) is 5.69 Å². The van der Waals surface area contributed by atoms with Crippen molar-refractivity contribution in [3.63, 3.8) is 0 Å². The van der Waals surface area contributed by atoms with Crippen molar-refractivity contribution in [3.8, 4) is 0 Å². The van der Waals surface area contributed by atoms with Gasteiger partial charge in [-0.3, -0.25) is 24.6 Å². The predicted molar refractivity (Wildman–Crippen MR) is 71.5 cm³/mol. The van der Waals surface area contributed by atoms with Crippen LogP contribution in [0.3, 0.4) is 0 Å². The molecule has 7 heteroatoms. The Morgan fingerprint density at radius 3 is 2.50 bits per heavy atom. The number of likely N-dealkylation sites (tertiary alicyclic amines) is 1. The van der Waals surface area contributed by atoms with Crippen molar-refractivity contribution in [1.29, 1.82) is 0 Å². The molecule has 1 aromatic carbocycles. The molecule has 1 aliphatic rings. The Kier molecular flexibility index (Phi) is 3.69. The van der Waals surface area contributed by atoms with E-state index in [1.165, 1.54) is 18.2 Å². The predicted octanol–water partition coefficient (Wildman–Crippen LogP) is 1.46. The first-order valence-electron chi connectivity index (χ1n) is 6.24. The lowest BCUT2D eigenvalue weighted by Gasteiger charge is -2.28. The lowest BCUT2D eigenvalue weighted by Crippen LogP contribution is -2.42. The highest BCUT2D eigenvalue weighted by Gasteiger charge is 2.30. The number of nitro benzene ring substituents is 1. The second-order valence-corrected chi connectivity index (χ2v) is 5.03. The number of hydrogen-bond acceptors (Lipinski definition) is 5. The molecular weight excluding hydrogens is 262 g/mol. The van der Waals surface area contributed by atoms with Gasteiger partial charge in [0.1, 0.15) is 0 Å². The van der Waals surface area contributed by atoms with Crippen molar-refractivity contribution in [3.05, 3.63) is 33.9 Å². The van der Waals surface area contributed by atoms with Crippen LogP contribution in [0.25, 0.3) is 0 Å². The number of nitro groups is 1. The molecule has 0 atom stereocenters. The molecular formula is C13H15N3O4. The Labute approximate surface area is 115 Å².